The van der Waals surface area contributed by atoms with E-state index in [1.54, 1.807) is 18.4 Å². The Bertz CT molecular complexity index is 329. The third-order valence-electron chi connectivity index (χ3n) is 2.90. The average molecular weight is 290 g/mol. The van der Waals surface area contributed by atoms with Gasteiger partial charge in [0.25, 0.3) is 0 Å². The number of hydrogen-bond acceptors (Lipinski definition) is 3. The molecule has 0 aliphatic carbocycles. The van der Waals surface area contributed by atoms with Gasteiger partial charge in [-0.3, -0.25) is 0 Å². The van der Waals surface area contributed by atoms with E-state index in [0.29, 0.717) is 12.0 Å². The number of hydrogen-bond donors (Lipinski definition) is 1. The molecule has 0 aliphatic rings. The Balaban J connectivity index is 2.48. The lowest BCUT2D eigenvalue weighted by Crippen LogP contribution is -2.33. The van der Waals surface area contributed by atoms with E-state index in [9.17, 15) is 0 Å². The van der Waals surface area contributed by atoms with Gasteiger partial charge >= 0.3 is 0 Å². The molecule has 0 bridgehead atoms. The van der Waals surface area contributed by atoms with Crippen LogP contribution in [0.4, 0.5) is 0 Å². The molecule has 0 radical (unpaired) electrons. The van der Waals surface area contributed by atoms with Crippen LogP contribution in [0, 0.1) is 5.92 Å². The van der Waals surface area contributed by atoms with E-state index in [1.165, 1.54) is 11.3 Å². The second-order valence-corrected chi connectivity index (χ2v) is 6.66. The molecule has 1 aromatic heterocycles. The van der Waals surface area contributed by atoms with Crippen molar-refractivity contribution in [3.05, 3.63) is 21.3 Å². The fourth-order valence-electron chi connectivity index (χ4n) is 2.13. The SMILES string of the molecule is CCCNC(Cc1ccc(Cl)s1)CC(C)COC. The van der Waals surface area contributed by atoms with Gasteiger partial charge in [0.05, 0.1) is 4.34 Å². The van der Waals surface area contributed by atoms with Gasteiger partial charge in [-0.2, -0.15) is 0 Å². The topological polar surface area (TPSA) is 21.3 Å². The molecule has 18 heavy (non-hydrogen) atoms. The minimum absolute atomic E-state index is 0.518. The molecule has 0 saturated carbocycles. The molecule has 0 fully saturated rings. The van der Waals surface area contributed by atoms with Crippen molar-refractivity contribution in [1.29, 1.82) is 0 Å². The van der Waals surface area contributed by atoms with E-state index < -0.39 is 0 Å². The van der Waals surface area contributed by atoms with Gasteiger partial charge in [0.15, 0.2) is 0 Å². The number of thiophene rings is 1. The predicted octanol–water partition coefficient (Wildman–Crippen LogP) is 3.98. The zero-order valence-corrected chi connectivity index (χ0v) is 13.1. The molecule has 2 nitrogen and oxygen atoms in total. The van der Waals surface area contributed by atoms with Gasteiger partial charge in [-0.05, 0) is 43.9 Å². The number of nitrogens with one attached hydrogen (secondary N) is 1. The molecule has 0 spiro atoms. The Morgan fingerprint density at radius 1 is 1.44 bits per heavy atom. The van der Waals surface area contributed by atoms with E-state index in [-0.39, 0.29) is 0 Å². The summed E-state index contributed by atoms with van der Waals surface area (Å²) in [4.78, 5) is 1.36. The van der Waals surface area contributed by atoms with Crippen LogP contribution >= 0.6 is 22.9 Å². The molecule has 1 heterocycles. The summed E-state index contributed by atoms with van der Waals surface area (Å²) >= 11 is 7.67. The summed E-state index contributed by atoms with van der Waals surface area (Å²) in [7, 11) is 1.77. The Labute approximate surface area is 120 Å². The summed E-state index contributed by atoms with van der Waals surface area (Å²) in [5, 5.41) is 3.62. The molecule has 1 N–H and O–H groups in total. The lowest BCUT2D eigenvalue weighted by Gasteiger charge is -2.21. The van der Waals surface area contributed by atoms with Crippen molar-refractivity contribution in [2.45, 2.75) is 39.2 Å². The van der Waals surface area contributed by atoms with Crippen LogP contribution < -0.4 is 5.32 Å². The zero-order valence-electron chi connectivity index (χ0n) is 11.5. The number of ether oxygens (including phenoxy) is 1. The first kappa shape index (κ1) is 16.0. The van der Waals surface area contributed by atoms with Gasteiger partial charge in [0.1, 0.15) is 0 Å². The molecule has 1 rings (SSSR count). The predicted molar refractivity (Wildman–Crippen MR) is 80.8 cm³/mol. The van der Waals surface area contributed by atoms with Crippen molar-refractivity contribution in [3.63, 3.8) is 0 Å². The van der Waals surface area contributed by atoms with Crippen molar-refractivity contribution in [2.24, 2.45) is 5.92 Å². The van der Waals surface area contributed by atoms with Crippen LogP contribution in [0.1, 0.15) is 31.6 Å². The summed E-state index contributed by atoms with van der Waals surface area (Å²) in [5.74, 6) is 0.583. The summed E-state index contributed by atoms with van der Waals surface area (Å²) in [6.45, 7) is 6.34. The first-order chi connectivity index (χ1) is 8.65. The van der Waals surface area contributed by atoms with Crippen molar-refractivity contribution in [2.75, 3.05) is 20.3 Å². The van der Waals surface area contributed by atoms with Gasteiger partial charge in [-0.25, -0.2) is 0 Å². The van der Waals surface area contributed by atoms with E-state index in [4.69, 9.17) is 16.3 Å². The average Bonchev–Trinajstić information content (AvgIpc) is 2.72. The van der Waals surface area contributed by atoms with Crippen molar-refractivity contribution in [1.82, 2.24) is 5.32 Å². The monoisotopic (exact) mass is 289 g/mol. The van der Waals surface area contributed by atoms with E-state index in [1.807, 2.05) is 6.07 Å². The van der Waals surface area contributed by atoms with Crippen molar-refractivity contribution < 1.29 is 4.74 Å². The molecule has 2 unspecified atom stereocenters. The van der Waals surface area contributed by atoms with Crippen LogP contribution in [0.2, 0.25) is 4.34 Å². The smallest absolute Gasteiger partial charge is 0.0931 e. The lowest BCUT2D eigenvalue weighted by molar-refractivity contribution is 0.149. The van der Waals surface area contributed by atoms with E-state index in [0.717, 1.165) is 30.3 Å². The van der Waals surface area contributed by atoms with Gasteiger partial charge in [0, 0.05) is 24.6 Å². The molecule has 0 aromatic carbocycles. The fourth-order valence-corrected chi connectivity index (χ4v) is 3.30. The molecule has 1 aromatic rings. The Kier molecular flexibility index (Phi) is 7.91. The van der Waals surface area contributed by atoms with Crippen LogP contribution in [-0.2, 0) is 11.2 Å². The largest absolute Gasteiger partial charge is 0.384 e. The maximum absolute atomic E-state index is 5.98. The highest BCUT2D eigenvalue weighted by atomic mass is 35.5. The van der Waals surface area contributed by atoms with Gasteiger partial charge < -0.3 is 10.1 Å². The summed E-state index contributed by atoms with van der Waals surface area (Å²) < 4.78 is 6.10. The second-order valence-electron chi connectivity index (χ2n) is 4.86. The van der Waals surface area contributed by atoms with Gasteiger partial charge in [0.2, 0.25) is 0 Å². The Hall–Kier alpha value is -0.0900. The molecular formula is C14H24ClNOS. The summed E-state index contributed by atoms with van der Waals surface area (Å²) in [6.07, 6.45) is 3.37. The van der Waals surface area contributed by atoms with E-state index in [2.05, 4.69) is 25.2 Å². The highest BCUT2D eigenvalue weighted by Gasteiger charge is 2.14. The first-order valence-electron chi connectivity index (χ1n) is 6.62. The second kappa shape index (κ2) is 8.92. The third kappa shape index (κ3) is 6.19. The lowest BCUT2D eigenvalue weighted by atomic mass is 9.99. The molecule has 104 valence electrons. The molecule has 2 atom stereocenters. The van der Waals surface area contributed by atoms with Crippen LogP contribution in [0.25, 0.3) is 0 Å². The molecular weight excluding hydrogens is 266 g/mol. The minimum atomic E-state index is 0.518. The highest BCUT2D eigenvalue weighted by Crippen LogP contribution is 2.23. The van der Waals surface area contributed by atoms with Crippen LogP contribution in [0.15, 0.2) is 12.1 Å². The Morgan fingerprint density at radius 3 is 2.78 bits per heavy atom. The first-order valence-corrected chi connectivity index (χ1v) is 7.81. The van der Waals surface area contributed by atoms with Crippen molar-refractivity contribution >= 4 is 22.9 Å². The van der Waals surface area contributed by atoms with E-state index >= 15 is 0 Å². The number of halogens is 1. The molecule has 4 heteroatoms. The molecule has 0 saturated heterocycles. The highest BCUT2D eigenvalue weighted by molar-refractivity contribution is 7.16. The summed E-state index contributed by atoms with van der Waals surface area (Å²) in [5.41, 5.74) is 0. The van der Waals surface area contributed by atoms with Crippen LogP contribution in [0.3, 0.4) is 0 Å². The Morgan fingerprint density at radius 2 is 2.22 bits per heavy atom. The maximum atomic E-state index is 5.98. The maximum Gasteiger partial charge on any atom is 0.0931 e. The number of rotatable bonds is 9. The fraction of sp³-hybridized carbons (Fsp3) is 0.714. The van der Waals surface area contributed by atoms with Gasteiger partial charge in [-0.1, -0.05) is 25.4 Å². The third-order valence-corrected chi connectivity index (χ3v) is 4.15. The van der Waals surface area contributed by atoms with Crippen LogP contribution in [0.5, 0.6) is 0 Å². The molecule has 0 aliphatic heterocycles. The number of methoxy groups -OCH3 is 1. The zero-order chi connectivity index (χ0) is 13.4. The normalized spacial score (nSPS) is 14.7. The molecule has 0 amide bonds. The quantitative estimate of drug-likeness (QED) is 0.742. The minimum Gasteiger partial charge on any atom is -0.384 e. The summed E-state index contributed by atoms with van der Waals surface area (Å²) in [6, 6.07) is 4.64. The standard InChI is InChI=1S/C14H24ClNOS/c1-4-7-16-12(8-11(2)10-17-3)9-13-5-6-14(15)18-13/h5-6,11-12,16H,4,7-10H2,1-3H3. The van der Waals surface area contributed by atoms with Gasteiger partial charge in [-0.15, -0.1) is 11.3 Å². The van der Waals surface area contributed by atoms with Crippen molar-refractivity contribution in [3.8, 4) is 0 Å². The van der Waals surface area contributed by atoms with Crippen LogP contribution in [-0.4, -0.2) is 26.3 Å².